The van der Waals surface area contributed by atoms with Crippen LogP contribution in [0.1, 0.15) is 6.92 Å². The highest BCUT2D eigenvalue weighted by Crippen LogP contribution is 1.91. The predicted octanol–water partition coefficient (Wildman–Crippen LogP) is 0.116. The number of primary amides is 1. The van der Waals surface area contributed by atoms with Crippen LogP contribution < -0.4 is 5.73 Å². The van der Waals surface area contributed by atoms with E-state index in [4.69, 9.17) is 22.1 Å². The molecule has 0 heterocycles. The van der Waals surface area contributed by atoms with E-state index in [9.17, 15) is 4.79 Å². The second-order valence-corrected chi connectivity index (χ2v) is 2.05. The van der Waals surface area contributed by atoms with Gasteiger partial charge in [0.25, 0.3) is 0 Å². The summed E-state index contributed by atoms with van der Waals surface area (Å²) >= 11 is 5.36. The molecule has 0 saturated heterocycles. The molecule has 0 bridgehead atoms. The van der Waals surface area contributed by atoms with Gasteiger partial charge in [0.05, 0.1) is 6.10 Å². The quantitative estimate of drug-likeness (QED) is 0.580. The van der Waals surface area contributed by atoms with Gasteiger partial charge >= 0.3 is 0 Å². The van der Waals surface area contributed by atoms with Crippen LogP contribution in [0.15, 0.2) is 0 Å². The molecule has 0 aromatic rings. The maximum Gasteiger partial charge on any atom is 0.243 e. The normalized spacial score (nSPS) is 13.1. The molecule has 0 aliphatic rings. The van der Waals surface area contributed by atoms with Crippen molar-refractivity contribution in [1.29, 1.82) is 0 Å². The van der Waals surface area contributed by atoms with Crippen LogP contribution in [-0.4, -0.2) is 24.5 Å². The summed E-state index contributed by atoms with van der Waals surface area (Å²) in [6.45, 7) is 1.73. The first-order chi connectivity index (χ1) is 4.16. The molecule has 54 valence electrons. The first-order valence-electron chi connectivity index (χ1n) is 2.62. The summed E-state index contributed by atoms with van der Waals surface area (Å²) in [4.78, 5) is 10.1. The molecule has 0 radical (unpaired) electrons. The second-order valence-electron chi connectivity index (χ2n) is 1.74. The van der Waals surface area contributed by atoms with Crippen LogP contribution in [0.3, 0.4) is 0 Å². The van der Waals surface area contributed by atoms with Crippen LogP contribution >= 0.6 is 11.6 Å². The molecule has 0 fully saturated rings. The Morgan fingerprint density at radius 1 is 1.89 bits per heavy atom. The minimum absolute atomic E-state index is 0.0477. The van der Waals surface area contributed by atoms with Gasteiger partial charge in [-0.1, -0.05) is 0 Å². The second kappa shape index (κ2) is 4.58. The first-order valence-corrected chi connectivity index (χ1v) is 3.16. The number of rotatable bonds is 4. The zero-order valence-corrected chi connectivity index (χ0v) is 6.02. The van der Waals surface area contributed by atoms with E-state index >= 15 is 0 Å². The van der Waals surface area contributed by atoms with Crippen LogP contribution in [0.5, 0.6) is 0 Å². The highest BCUT2D eigenvalue weighted by molar-refractivity contribution is 6.18. The molecule has 2 N–H and O–H groups in total. The lowest BCUT2D eigenvalue weighted by Crippen LogP contribution is -2.22. The summed E-state index contributed by atoms with van der Waals surface area (Å²) in [7, 11) is 0. The zero-order chi connectivity index (χ0) is 7.28. The highest BCUT2D eigenvalue weighted by atomic mass is 35.5. The van der Waals surface area contributed by atoms with Gasteiger partial charge in [-0.25, -0.2) is 0 Å². The Hall–Kier alpha value is -0.280. The van der Waals surface area contributed by atoms with E-state index in [0.717, 1.165) is 0 Å². The maximum atomic E-state index is 10.1. The maximum absolute atomic E-state index is 10.1. The van der Waals surface area contributed by atoms with E-state index in [0.29, 0.717) is 5.88 Å². The number of hydrogen-bond acceptors (Lipinski definition) is 2. The smallest absolute Gasteiger partial charge is 0.243 e. The molecule has 0 aliphatic carbocycles. The molecular weight excluding hydrogens is 142 g/mol. The Balaban J connectivity index is 3.16. The monoisotopic (exact) mass is 151 g/mol. The molecule has 0 aromatic carbocycles. The summed E-state index contributed by atoms with van der Waals surface area (Å²) in [5.41, 5.74) is 4.79. The van der Waals surface area contributed by atoms with Gasteiger partial charge in [-0.3, -0.25) is 4.79 Å². The van der Waals surface area contributed by atoms with E-state index in [-0.39, 0.29) is 12.7 Å². The molecule has 3 nitrogen and oxygen atoms in total. The molecule has 1 atom stereocenters. The van der Waals surface area contributed by atoms with Gasteiger partial charge in [0.15, 0.2) is 0 Å². The van der Waals surface area contributed by atoms with Crippen molar-refractivity contribution in [3.63, 3.8) is 0 Å². The Bertz CT molecular complexity index is 97.0. The van der Waals surface area contributed by atoms with Crippen molar-refractivity contribution in [2.24, 2.45) is 5.73 Å². The molecule has 1 amide bonds. The number of ether oxygens (including phenoxy) is 1. The van der Waals surface area contributed by atoms with Gasteiger partial charge in [-0.15, -0.1) is 11.6 Å². The van der Waals surface area contributed by atoms with Gasteiger partial charge in [0.1, 0.15) is 6.61 Å². The van der Waals surface area contributed by atoms with Gasteiger partial charge in [-0.2, -0.15) is 0 Å². The fraction of sp³-hybridized carbons (Fsp3) is 0.800. The molecule has 9 heavy (non-hydrogen) atoms. The van der Waals surface area contributed by atoms with E-state index in [2.05, 4.69) is 0 Å². The van der Waals surface area contributed by atoms with Gasteiger partial charge in [-0.05, 0) is 6.92 Å². The fourth-order valence-electron chi connectivity index (χ4n) is 0.269. The number of carbonyl (C=O) groups is 1. The Morgan fingerprint density at radius 2 is 2.44 bits per heavy atom. The van der Waals surface area contributed by atoms with Crippen molar-refractivity contribution in [3.8, 4) is 0 Å². The van der Waals surface area contributed by atoms with Crippen molar-refractivity contribution in [3.05, 3.63) is 0 Å². The third-order valence-electron chi connectivity index (χ3n) is 0.727. The molecule has 0 aromatic heterocycles. The lowest BCUT2D eigenvalue weighted by molar-refractivity contribution is -0.123. The van der Waals surface area contributed by atoms with Crippen LogP contribution in [0.4, 0.5) is 0 Å². The molecule has 4 heteroatoms. The van der Waals surface area contributed by atoms with Gasteiger partial charge in [0, 0.05) is 5.88 Å². The van der Waals surface area contributed by atoms with Gasteiger partial charge < -0.3 is 10.5 Å². The highest BCUT2D eigenvalue weighted by Gasteiger charge is 2.00. The molecule has 0 rings (SSSR count). The molecule has 1 unspecified atom stereocenters. The number of amides is 1. The number of alkyl halides is 1. The molecule has 0 spiro atoms. The van der Waals surface area contributed by atoms with Crippen molar-refractivity contribution < 1.29 is 9.53 Å². The third kappa shape index (κ3) is 5.59. The average molecular weight is 152 g/mol. The topological polar surface area (TPSA) is 52.3 Å². The van der Waals surface area contributed by atoms with Crippen LogP contribution in [-0.2, 0) is 9.53 Å². The summed E-state index contributed by atoms with van der Waals surface area (Å²) in [6, 6.07) is 0. The number of halogens is 1. The van der Waals surface area contributed by atoms with Crippen molar-refractivity contribution in [2.45, 2.75) is 13.0 Å². The fourth-order valence-corrected chi connectivity index (χ4v) is 0.358. The van der Waals surface area contributed by atoms with Crippen LogP contribution in [0.25, 0.3) is 0 Å². The number of nitrogens with two attached hydrogens (primary N) is 1. The molecule has 0 aliphatic heterocycles. The molecule has 0 saturated carbocycles. The van der Waals surface area contributed by atoms with Gasteiger partial charge in [0.2, 0.25) is 5.91 Å². The van der Waals surface area contributed by atoms with E-state index in [1.165, 1.54) is 0 Å². The summed E-state index contributed by atoms with van der Waals surface area (Å²) in [6.07, 6.45) is -0.0980. The lowest BCUT2D eigenvalue weighted by atomic mass is 10.5. The summed E-state index contributed by atoms with van der Waals surface area (Å²) in [5, 5.41) is 0. The number of carbonyl (C=O) groups excluding carboxylic acids is 1. The molecular formula is C5H10ClNO2. The minimum Gasteiger partial charge on any atom is -0.368 e. The SMILES string of the molecule is CC(CCl)OCC(N)=O. The summed E-state index contributed by atoms with van der Waals surface area (Å²) < 4.78 is 4.85. The zero-order valence-electron chi connectivity index (χ0n) is 5.26. The summed E-state index contributed by atoms with van der Waals surface area (Å²) in [5.74, 6) is -0.0835. The van der Waals surface area contributed by atoms with Crippen molar-refractivity contribution in [1.82, 2.24) is 0 Å². The number of hydrogen-bond donors (Lipinski definition) is 1. The minimum atomic E-state index is -0.466. The average Bonchev–Trinajstić information content (AvgIpc) is 1.83. The van der Waals surface area contributed by atoms with Crippen molar-refractivity contribution >= 4 is 17.5 Å². The Morgan fingerprint density at radius 3 is 2.78 bits per heavy atom. The lowest BCUT2D eigenvalue weighted by Gasteiger charge is -2.05. The van der Waals surface area contributed by atoms with E-state index in [1.54, 1.807) is 6.92 Å². The predicted molar refractivity (Wildman–Crippen MR) is 35.3 cm³/mol. The van der Waals surface area contributed by atoms with E-state index in [1.807, 2.05) is 0 Å². The van der Waals surface area contributed by atoms with E-state index < -0.39 is 5.91 Å². The van der Waals surface area contributed by atoms with Crippen LogP contribution in [0.2, 0.25) is 0 Å². The third-order valence-corrected chi connectivity index (χ3v) is 1.16. The first kappa shape index (κ1) is 8.72. The standard InChI is InChI=1S/C5H10ClNO2/c1-4(2-6)9-3-5(7)8/h4H,2-3H2,1H3,(H2,7,8). The van der Waals surface area contributed by atoms with Crippen molar-refractivity contribution in [2.75, 3.05) is 12.5 Å². The Kier molecular flexibility index (Phi) is 4.44. The largest absolute Gasteiger partial charge is 0.368 e. The van der Waals surface area contributed by atoms with Crippen LogP contribution in [0, 0.1) is 0 Å². The Labute approximate surface area is 59.1 Å².